The van der Waals surface area contributed by atoms with E-state index in [0.717, 1.165) is 17.9 Å². The molecule has 0 aliphatic carbocycles. The fraction of sp³-hybridized carbons (Fsp3) is 0.308. The van der Waals surface area contributed by atoms with Crippen molar-refractivity contribution in [2.75, 3.05) is 7.05 Å². The maximum absolute atomic E-state index is 6.15. The van der Waals surface area contributed by atoms with E-state index < -0.39 is 0 Å². The number of rotatable bonds is 5. The molecule has 0 radical (unpaired) electrons. The normalized spacial score (nSPS) is 12.6. The number of pyridine rings is 1. The highest BCUT2D eigenvalue weighted by Crippen LogP contribution is 2.30. The van der Waals surface area contributed by atoms with Crippen LogP contribution in [0.5, 0.6) is 0 Å². The first-order chi connectivity index (χ1) is 8.31. The fourth-order valence-corrected chi connectivity index (χ4v) is 3.15. The Hall–Kier alpha value is -0.900. The lowest BCUT2D eigenvalue weighted by Gasteiger charge is -2.15. The second kappa shape index (κ2) is 6.15. The zero-order valence-corrected chi connectivity index (χ0v) is 11.3. The predicted molar refractivity (Wildman–Crippen MR) is 73.7 cm³/mol. The highest BCUT2D eigenvalue weighted by atomic mass is 35.5. The maximum Gasteiger partial charge on any atom is 0.0561 e. The summed E-state index contributed by atoms with van der Waals surface area (Å²) in [5.41, 5.74) is 1.26. The molecule has 1 unspecified atom stereocenters. The lowest BCUT2D eigenvalue weighted by atomic mass is 10.1. The molecule has 0 saturated heterocycles. The molecule has 2 heterocycles. The smallest absolute Gasteiger partial charge is 0.0561 e. The van der Waals surface area contributed by atoms with Crippen molar-refractivity contribution in [2.45, 2.75) is 18.9 Å². The number of hydrogen-bond acceptors (Lipinski definition) is 3. The number of aromatic nitrogens is 1. The quantitative estimate of drug-likeness (QED) is 0.893. The van der Waals surface area contributed by atoms with Crippen molar-refractivity contribution >= 4 is 22.9 Å². The zero-order chi connectivity index (χ0) is 12.1. The summed E-state index contributed by atoms with van der Waals surface area (Å²) in [4.78, 5) is 5.35. The average molecular weight is 267 g/mol. The van der Waals surface area contributed by atoms with Gasteiger partial charge in [0.1, 0.15) is 0 Å². The van der Waals surface area contributed by atoms with Gasteiger partial charge in [0.05, 0.1) is 5.02 Å². The minimum atomic E-state index is 0.322. The molecular formula is C13H15ClN2S. The third kappa shape index (κ3) is 3.28. The van der Waals surface area contributed by atoms with Crippen LogP contribution < -0.4 is 5.32 Å². The Morgan fingerprint density at radius 1 is 1.47 bits per heavy atom. The van der Waals surface area contributed by atoms with Gasteiger partial charge in [0.15, 0.2) is 0 Å². The molecule has 0 aliphatic heterocycles. The van der Waals surface area contributed by atoms with Gasteiger partial charge in [0.2, 0.25) is 0 Å². The molecule has 2 aromatic heterocycles. The molecule has 0 aliphatic rings. The van der Waals surface area contributed by atoms with Crippen LogP contribution in [0, 0.1) is 0 Å². The Bertz CT molecular complexity index is 455. The molecule has 0 amide bonds. The van der Waals surface area contributed by atoms with Gasteiger partial charge in [-0.3, -0.25) is 4.98 Å². The van der Waals surface area contributed by atoms with Crippen molar-refractivity contribution in [2.24, 2.45) is 0 Å². The summed E-state index contributed by atoms with van der Waals surface area (Å²) in [7, 11) is 1.98. The number of nitrogens with one attached hydrogen (secondary N) is 1. The van der Waals surface area contributed by atoms with E-state index in [2.05, 4.69) is 16.4 Å². The van der Waals surface area contributed by atoms with Gasteiger partial charge in [0.25, 0.3) is 0 Å². The van der Waals surface area contributed by atoms with E-state index in [-0.39, 0.29) is 0 Å². The van der Waals surface area contributed by atoms with Gasteiger partial charge in [-0.25, -0.2) is 0 Å². The number of hydrogen-bond donors (Lipinski definition) is 1. The average Bonchev–Trinajstić information content (AvgIpc) is 2.78. The summed E-state index contributed by atoms with van der Waals surface area (Å²) >= 11 is 7.86. The molecule has 0 saturated carbocycles. The lowest BCUT2D eigenvalue weighted by Crippen LogP contribution is -2.16. The van der Waals surface area contributed by atoms with Crippen LogP contribution in [0.1, 0.15) is 22.9 Å². The van der Waals surface area contributed by atoms with E-state index in [1.54, 1.807) is 17.5 Å². The summed E-state index contributed by atoms with van der Waals surface area (Å²) in [6.07, 6.45) is 5.76. The Morgan fingerprint density at radius 2 is 2.35 bits per heavy atom. The first kappa shape index (κ1) is 12.6. The number of nitrogens with zero attached hydrogens (tertiary/aromatic N) is 1. The van der Waals surface area contributed by atoms with E-state index >= 15 is 0 Å². The minimum absolute atomic E-state index is 0.322. The number of thiophene rings is 1. The van der Waals surface area contributed by atoms with Gasteiger partial charge in [-0.15, -0.1) is 11.3 Å². The Labute approximate surface area is 111 Å². The maximum atomic E-state index is 6.15. The molecule has 2 aromatic rings. The van der Waals surface area contributed by atoms with Gasteiger partial charge in [-0.1, -0.05) is 17.7 Å². The van der Waals surface area contributed by atoms with E-state index in [9.17, 15) is 0 Å². The third-order valence-corrected chi connectivity index (χ3v) is 4.23. The van der Waals surface area contributed by atoms with E-state index in [4.69, 9.17) is 11.6 Å². The monoisotopic (exact) mass is 266 g/mol. The molecule has 17 heavy (non-hydrogen) atoms. The lowest BCUT2D eigenvalue weighted by molar-refractivity contribution is 0.557. The molecule has 0 aromatic carbocycles. The predicted octanol–water partition coefficient (Wildman–Crippen LogP) is 3.69. The van der Waals surface area contributed by atoms with Crippen molar-refractivity contribution < 1.29 is 0 Å². The van der Waals surface area contributed by atoms with Crippen LogP contribution in [0.3, 0.4) is 0 Å². The van der Waals surface area contributed by atoms with E-state index in [0.29, 0.717) is 6.04 Å². The fourth-order valence-electron chi connectivity index (χ4n) is 1.82. The topological polar surface area (TPSA) is 24.9 Å². The number of aryl methyl sites for hydroxylation is 1. The van der Waals surface area contributed by atoms with Crippen LogP contribution in [0.15, 0.2) is 36.0 Å². The molecule has 90 valence electrons. The molecule has 0 spiro atoms. The van der Waals surface area contributed by atoms with Crippen LogP contribution in [0.25, 0.3) is 0 Å². The Morgan fingerprint density at radius 3 is 2.94 bits per heavy atom. The molecule has 1 atom stereocenters. The van der Waals surface area contributed by atoms with Crippen LogP contribution in [-0.4, -0.2) is 12.0 Å². The molecule has 4 heteroatoms. The highest BCUT2D eigenvalue weighted by Gasteiger charge is 2.14. The van der Waals surface area contributed by atoms with Crippen LogP contribution >= 0.6 is 22.9 Å². The van der Waals surface area contributed by atoms with Crippen LogP contribution in [-0.2, 0) is 6.42 Å². The van der Waals surface area contributed by atoms with Crippen LogP contribution in [0.4, 0.5) is 0 Å². The van der Waals surface area contributed by atoms with Crippen molar-refractivity contribution in [3.05, 3.63) is 51.4 Å². The summed E-state index contributed by atoms with van der Waals surface area (Å²) in [6.45, 7) is 0. The second-order valence-electron chi connectivity index (χ2n) is 3.87. The van der Waals surface area contributed by atoms with E-state index in [1.807, 2.05) is 30.8 Å². The largest absolute Gasteiger partial charge is 0.312 e. The molecule has 2 nitrogen and oxygen atoms in total. The van der Waals surface area contributed by atoms with Gasteiger partial charge in [-0.05, 0) is 43.0 Å². The highest BCUT2D eigenvalue weighted by molar-refractivity contribution is 7.10. The van der Waals surface area contributed by atoms with E-state index in [1.165, 1.54) is 10.4 Å². The zero-order valence-electron chi connectivity index (χ0n) is 9.69. The van der Waals surface area contributed by atoms with Crippen molar-refractivity contribution in [1.82, 2.24) is 10.3 Å². The van der Waals surface area contributed by atoms with Gasteiger partial charge in [-0.2, -0.15) is 0 Å². The third-order valence-electron chi connectivity index (χ3n) is 2.75. The standard InChI is InChI=1S/C13H15ClN2S/c1-15-12(13-11(14)6-8-17-13)5-4-10-3-2-7-16-9-10/h2-3,6-9,12,15H,4-5H2,1H3. The Balaban J connectivity index is 2.00. The molecular weight excluding hydrogens is 252 g/mol. The molecule has 0 fully saturated rings. The van der Waals surface area contributed by atoms with Gasteiger partial charge in [0, 0.05) is 23.3 Å². The number of halogens is 1. The summed E-state index contributed by atoms with van der Waals surface area (Å²) in [6, 6.07) is 6.36. The molecule has 1 N–H and O–H groups in total. The van der Waals surface area contributed by atoms with Crippen LogP contribution in [0.2, 0.25) is 5.02 Å². The van der Waals surface area contributed by atoms with Crippen molar-refractivity contribution in [3.63, 3.8) is 0 Å². The minimum Gasteiger partial charge on any atom is -0.312 e. The molecule has 0 bridgehead atoms. The summed E-state index contributed by atoms with van der Waals surface area (Å²) in [5, 5.41) is 6.22. The first-order valence-corrected chi connectivity index (χ1v) is 6.86. The Kier molecular flexibility index (Phi) is 4.54. The summed E-state index contributed by atoms with van der Waals surface area (Å²) < 4.78 is 0. The van der Waals surface area contributed by atoms with Gasteiger partial charge < -0.3 is 5.32 Å². The van der Waals surface area contributed by atoms with Crippen molar-refractivity contribution in [3.8, 4) is 0 Å². The van der Waals surface area contributed by atoms with Crippen molar-refractivity contribution in [1.29, 1.82) is 0 Å². The molecule has 2 rings (SSSR count). The summed E-state index contributed by atoms with van der Waals surface area (Å²) in [5.74, 6) is 0. The first-order valence-electron chi connectivity index (χ1n) is 5.60. The van der Waals surface area contributed by atoms with Gasteiger partial charge >= 0.3 is 0 Å². The SMILES string of the molecule is CNC(CCc1cccnc1)c1sccc1Cl. The second-order valence-corrected chi connectivity index (χ2v) is 5.23.